The van der Waals surface area contributed by atoms with Crippen LogP contribution < -0.4 is 10.6 Å². The van der Waals surface area contributed by atoms with Crippen molar-refractivity contribution < 1.29 is 253 Å². The second-order valence-electron chi connectivity index (χ2n) is 29.5. The third-order valence-electron chi connectivity index (χ3n) is 21.7. The summed E-state index contributed by atoms with van der Waals surface area (Å²) in [6.07, 6.45) is -104. The number of nitrogens with one attached hydrogen (secondary N) is 2. The molecule has 2 amide bonds. The highest BCUT2D eigenvalue weighted by molar-refractivity contribution is 5.73. The fourth-order valence-corrected chi connectivity index (χ4v) is 15.0. The van der Waals surface area contributed by atoms with Gasteiger partial charge in [0.05, 0.1) is 66.1 Å². The van der Waals surface area contributed by atoms with Crippen molar-refractivity contribution in [3.05, 3.63) is 0 Å². The van der Waals surface area contributed by atoms with Gasteiger partial charge in [-0.2, -0.15) is 0 Å². The largest absolute Gasteiger partial charge is 0.394 e. The molecule has 10 saturated heterocycles. The molecule has 0 aromatic rings. The van der Waals surface area contributed by atoms with Crippen LogP contribution in [0.3, 0.4) is 0 Å². The number of carbonyl (C=O) groups excluding carboxylic acids is 2. The number of carbonyl (C=O) groups is 2. The first kappa shape index (κ1) is 96.2. The molecule has 680 valence electrons. The Kier molecular flexibility index (Phi) is 34.4. The molecule has 10 rings (SSSR count). The quantitative estimate of drug-likeness (QED) is 0.0318. The fraction of sp³-hybridized carbons (Fsp3) is 0.969. The van der Waals surface area contributed by atoms with Crippen LogP contribution in [0.15, 0.2) is 0 Å². The third kappa shape index (κ3) is 20.7. The van der Waals surface area contributed by atoms with Gasteiger partial charge in [0, 0.05) is 13.8 Å². The minimum atomic E-state index is -2.64. The van der Waals surface area contributed by atoms with Crippen LogP contribution >= 0.6 is 0 Å². The van der Waals surface area contributed by atoms with Crippen LogP contribution in [0.5, 0.6) is 0 Å². The monoisotopic (exact) mass is 1720 g/mol. The number of amides is 2. The first-order valence-electron chi connectivity index (χ1n) is 37.2. The predicted molar refractivity (Wildman–Crippen MR) is 353 cm³/mol. The summed E-state index contributed by atoms with van der Waals surface area (Å²) in [5, 5.41) is 336. The summed E-state index contributed by atoms with van der Waals surface area (Å²) in [4.78, 5) is 25.2. The average Bonchev–Trinajstić information content (AvgIpc) is 0.766. The third-order valence-corrected chi connectivity index (χ3v) is 21.7. The summed E-state index contributed by atoms with van der Waals surface area (Å²) in [6.45, 7) is -9.28. The van der Waals surface area contributed by atoms with Crippen LogP contribution in [0.2, 0.25) is 0 Å². The highest BCUT2D eigenvalue weighted by Crippen LogP contribution is 2.41. The normalized spacial score (nSPS) is 51.5. The molecule has 10 aliphatic heterocycles. The van der Waals surface area contributed by atoms with Crippen molar-refractivity contribution >= 4 is 11.8 Å². The molecule has 0 spiro atoms. The molecule has 10 heterocycles. The van der Waals surface area contributed by atoms with E-state index in [0.29, 0.717) is 0 Å². The number of rotatable bonds is 30. The smallest absolute Gasteiger partial charge is 0.217 e. The summed E-state index contributed by atoms with van der Waals surface area (Å²) in [5.41, 5.74) is 0. The molecular formula is C64H108N2O51. The van der Waals surface area contributed by atoms with Gasteiger partial charge in [0.1, 0.15) is 244 Å². The molecule has 0 aliphatic carbocycles. The van der Waals surface area contributed by atoms with Crippen LogP contribution in [0.1, 0.15) is 13.8 Å². The number of hydrogen-bond acceptors (Lipinski definition) is 51. The summed E-state index contributed by atoms with van der Waals surface area (Å²) in [5.74, 6) is -1.78. The van der Waals surface area contributed by atoms with E-state index in [1.807, 2.05) is 0 Å². The van der Waals surface area contributed by atoms with Crippen molar-refractivity contribution in [2.75, 3.05) is 66.1 Å². The second-order valence-corrected chi connectivity index (χ2v) is 29.5. The summed E-state index contributed by atoms with van der Waals surface area (Å²) >= 11 is 0. The van der Waals surface area contributed by atoms with E-state index in [0.717, 1.165) is 13.8 Å². The lowest BCUT2D eigenvalue weighted by molar-refractivity contribution is -0.408. The maximum absolute atomic E-state index is 13.0. The van der Waals surface area contributed by atoms with E-state index in [-0.39, 0.29) is 0 Å². The van der Waals surface area contributed by atoms with Crippen molar-refractivity contribution in [2.45, 2.75) is 321 Å². The first-order valence-corrected chi connectivity index (χ1v) is 37.2. The Morgan fingerprint density at radius 2 is 0.470 bits per heavy atom. The molecular weight excluding hydrogens is 1610 g/mol. The predicted octanol–water partition coefficient (Wildman–Crippen LogP) is -22.5. The van der Waals surface area contributed by atoms with Crippen molar-refractivity contribution in [2.24, 2.45) is 0 Å². The lowest BCUT2D eigenvalue weighted by Gasteiger charge is -2.51. The van der Waals surface area contributed by atoms with Gasteiger partial charge in [0.15, 0.2) is 62.9 Å². The van der Waals surface area contributed by atoms with Gasteiger partial charge in [-0.05, 0) is 0 Å². The number of aliphatic hydroxyl groups is 30. The lowest BCUT2D eigenvalue weighted by atomic mass is 9.94. The molecule has 0 aromatic heterocycles. The summed E-state index contributed by atoms with van der Waals surface area (Å²) in [7, 11) is 0. The van der Waals surface area contributed by atoms with Gasteiger partial charge in [-0.25, -0.2) is 0 Å². The highest BCUT2D eigenvalue weighted by Gasteiger charge is 2.61. The van der Waals surface area contributed by atoms with Crippen molar-refractivity contribution in [3.63, 3.8) is 0 Å². The molecule has 53 heteroatoms. The number of hydrogen-bond donors (Lipinski definition) is 32. The maximum atomic E-state index is 13.0. The van der Waals surface area contributed by atoms with Crippen LogP contribution in [-0.2, 0) is 99.6 Å². The molecule has 50 atom stereocenters. The molecule has 0 bridgehead atoms. The fourth-order valence-electron chi connectivity index (χ4n) is 15.0. The second kappa shape index (κ2) is 41.9. The zero-order valence-corrected chi connectivity index (χ0v) is 61.9. The van der Waals surface area contributed by atoms with E-state index in [4.69, 9.17) is 90.0 Å². The standard InChI is InChI=1S/C64H108N2O51/c1-13(75)65-25-35(85)48(21(9-73)101-55(25)98)111-56-26(66-14(2)76)36(86)49(22(10-74)108-56)112-61-47(97)51(114-63-54(42(92)32(82)19(7-71)106-63)117-64-53(41(91)31(81)20(8-72)107-64)116-60-45(95)39(89)29(79)17(5-69)104-60)34(84)24(110-61)11-99-57-46(96)50(113-58-43(93)37(87)27(77)15(3-67)102-58)33(83)23(109-57)12-100-62-52(40(90)30(80)18(6-70)105-62)115-59-44(94)38(88)28(78)16(4-68)103-59/h15-64,67-74,77-98H,3-12H2,1-2H3,(H,65,75)(H,66,76)/t15-,16-,17-,18-,19-,20-,21-,22-,23-,24-,25-,26-,27-,28-,29-,30-,31-,32-,33-,34-,35-,36-,37+,38+,39+,40+,41+,42+,43+,44+,45+,46+,47+,48-,49-,50+,51+,52+,53+,54+,55?,56+,57+,58-,59-,60-,61-,62+,63-,64-/m1/s1. The van der Waals surface area contributed by atoms with Crippen LogP contribution in [-0.4, -0.2) is 538 Å². The van der Waals surface area contributed by atoms with Gasteiger partial charge >= 0.3 is 0 Å². The molecule has 0 saturated carbocycles. The van der Waals surface area contributed by atoms with Crippen molar-refractivity contribution in [1.82, 2.24) is 10.6 Å². The van der Waals surface area contributed by atoms with Gasteiger partial charge < -0.3 is 254 Å². The van der Waals surface area contributed by atoms with Crippen LogP contribution in [0, 0.1) is 0 Å². The van der Waals surface area contributed by atoms with Gasteiger partial charge in [0.2, 0.25) is 11.8 Å². The SMILES string of the molecule is CC(=O)N[C@H]1[C@H](O[C@H]2[C@H](O)[C@@H](NC(C)=O)C(O)O[C@@H]2CO)O[C@H](CO)[C@@H](O[C@H]2O[C@H](CO[C@H]3O[C@H](CO[C@H]4O[C@H](CO)[C@@H](O)[C@H](O)[C@@H]4O[C@H]4O[C@H](CO)[C@@H](O)[C@H](O)[C@@H]4O)[C@@H](O)[C@H](O[C@H]4O[C@H](CO)[C@@H](O)[C@H](O)[C@@H]4O)[C@@H]3O)[C@@H](O)[C@H](O[C@H]3O[C@H](CO)[C@@H](O)[C@H](O)[C@@H]3O[C@H]3O[C@H](CO)[C@@H](O)[C@H](O)[C@@H]3O[C@H]3O[C@H](CO)[C@@H](O)[C@H](O)[C@@H]3O)[C@@H]2O)[C@@H]1O. The Morgan fingerprint density at radius 3 is 0.855 bits per heavy atom. The van der Waals surface area contributed by atoms with Gasteiger partial charge in [-0.1, -0.05) is 0 Å². The molecule has 0 aromatic carbocycles. The summed E-state index contributed by atoms with van der Waals surface area (Å²) in [6, 6.07) is -3.64. The Bertz CT molecular complexity index is 3050. The van der Waals surface area contributed by atoms with Crippen LogP contribution in [0.25, 0.3) is 0 Å². The van der Waals surface area contributed by atoms with Gasteiger partial charge in [0.25, 0.3) is 0 Å². The Balaban J connectivity index is 0.996. The van der Waals surface area contributed by atoms with E-state index in [1.165, 1.54) is 0 Å². The number of aliphatic hydroxyl groups excluding tert-OH is 30. The molecule has 32 N–H and O–H groups in total. The lowest BCUT2D eigenvalue weighted by Crippen LogP contribution is -2.70. The molecule has 117 heavy (non-hydrogen) atoms. The molecule has 10 fully saturated rings. The van der Waals surface area contributed by atoms with E-state index in [2.05, 4.69) is 10.6 Å². The Morgan fingerprint density at radius 1 is 0.222 bits per heavy atom. The first-order chi connectivity index (χ1) is 55.4. The van der Waals surface area contributed by atoms with Crippen molar-refractivity contribution in [1.29, 1.82) is 0 Å². The van der Waals surface area contributed by atoms with Gasteiger partial charge in [-0.15, -0.1) is 0 Å². The van der Waals surface area contributed by atoms with Gasteiger partial charge in [-0.3, -0.25) is 9.59 Å². The molecule has 1 unspecified atom stereocenters. The zero-order valence-electron chi connectivity index (χ0n) is 61.9. The van der Waals surface area contributed by atoms with Crippen molar-refractivity contribution in [3.8, 4) is 0 Å². The minimum absolute atomic E-state index is 0.805. The topological polar surface area (TPSA) is 840 Å². The highest BCUT2D eigenvalue weighted by atomic mass is 16.8. The van der Waals surface area contributed by atoms with E-state index in [9.17, 15) is 163 Å². The van der Waals surface area contributed by atoms with Crippen LogP contribution in [0.4, 0.5) is 0 Å². The molecule has 10 aliphatic rings. The molecule has 53 nitrogen and oxygen atoms in total. The minimum Gasteiger partial charge on any atom is -0.394 e. The van der Waals surface area contributed by atoms with E-state index >= 15 is 0 Å². The number of ether oxygens (including phenoxy) is 19. The van der Waals surface area contributed by atoms with E-state index in [1.54, 1.807) is 0 Å². The zero-order chi connectivity index (χ0) is 85.9. The Labute approximate surface area is 660 Å². The Hall–Kier alpha value is -3.02. The van der Waals surface area contributed by atoms with E-state index < -0.39 is 385 Å². The summed E-state index contributed by atoms with van der Waals surface area (Å²) < 4.78 is 111. The maximum Gasteiger partial charge on any atom is 0.217 e. The molecule has 0 radical (unpaired) electrons. The average molecular weight is 1720 g/mol.